The van der Waals surface area contributed by atoms with Gasteiger partial charge < -0.3 is 14.2 Å². The van der Waals surface area contributed by atoms with E-state index in [4.69, 9.17) is 4.42 Å². The van der Waals surface area contributed by atoms with E-state index >= 15 is 0 Å². The second-order valence-corrected chi connectivity index (χ2v) is 7.54. The molecule has 2 aromatic rings. The van der Waals surface area contributed by atoms with Crippen molar-refractivity contribution in [2.75, 3.05) is 19.6 Å². The van der Waals surface area contributed by atoms with Gasteiger partial charge in [0.05, 0.1) is 0 Å². The molecule has 7 nitrogen and oxygen atoms in total. The molecular formula is C21H26N4O3. The van der Waals surface area contributed by atoms with Gasteiger partial charge in [0.2, 0.25) is 5.91 Å². The zero-order valence-electron chi connectivity index (χ0n) is 16.2. The summed E-state index contributed by atoms with van der Waals surface area (Å²) in [6.07, 6.45) is 6.74. The number of hydrogen-bond acceptors (Lipinski definition) is 5. The number of likely N-dealkylation sites (tertiary alicyclic amines) is 2. The first-order chi connectivity index (χ1) is 13.7. The van der Waals surface area contributed by atoms with E-state index in [1.807, 2.05) is 34.9 Å². The predicted octanol–water partition coefficient (Wildman–Crippen LogP) is 2.33. The summed E-state index contributed by atoms with van der Waals surface area (Å²) in [5.41, 5.74) is 1.43. The van der Waals surface area contributed by atoms with Crippen LogP contribution in [0.1, 0.15) is 48.1 Å². The number of nitrogens with zero attached hydrogens (tertiary/aromatic N) is 4. The lowest BCUT2D eigenvalue weighted by Crippen LogP contribution is -2.57. The topological polar surface area (TPSA) is 79.5 Å². The van der Waals surface area contributed by atoms with Crippen LogP contribution in [0.5, 0.6) is 0 Å². The van der Waals surface area contributed by atoms with E-state index < -0.39 is 0 Å². The molecule has 0 aliphatic carbocycles. The molecular weight excluding hydrogens is 356 g/mol. The molecule has 0 bridgehead atoms. The highest BCUT2D eigenvalue weighted by Crippen LogP contribution is 2.32. The van der Waals surface area contributed by atoms with Crippen LogP contribution in [0.4, 0.5) is 0 Å². The second kappa shape index (κ2) is 8.12. The number of amides is 2. The number of fused-ring (bicyclic) bond motifs is 1. The van der Waals surface area contributed by atoms with Gasteiger partial charge in [0, 0.05) is 56.8 Å². The lowest BCUT2D eigenvalue weighted by atomic mass is 9.83. The van der Waals surface area contributed by atoms with Crippen molar-refractivity contribution < 1.29 is 14.0 Å². The van der Waals surface area contributed by atoms with Crippen molar-refractivity contribution in [1.29, 1.82) is 0 Å². The number of rotatable bonds is 5. The number of aromatic nitrogens is 2. The van der Waals surface area contributed by atoms with E-state index in [2.05, 4.69) is 9.97 Å². The zero-order chi connectivity index (χ0) is 19.5. The Balaban J connectivity index is 1.42. The maximum Gasteiger partial charge on any atom is 0.276 e. The molecule has 2 atom stereocenters. The maximum absolute atomic E-state index is 12.9. The monoisotopic (exact) mass is 382 g/mol. The minimum absolute atomic E-state index is 0.0546. The molecule has 2 unspecified atom stereocenters. The third-order valence-electron chi connectivity index (χ3n) is 5.93. The summed E-state index contributed by atoms with van der Waals surface area (Å²) < 4.78 is 5.32. The largest absolute Gasteiger partial charge is 0.448 e. The molecule has 0 saturated carbocycles. The average Bonchev–Trinajstić information content (AvgIpc) is 3.22. The summed E-state index contributed by atoms with van der Waals surface area (Å²) in [6, 6.07) is 6.08. The third-order valence-corrected chi connectivity index (χ3v) is 5.93. The standard InChI is InChI=1S/C21H26N4O3/c1-2-18-20(23-14-28-18)21(27)24-11-9-17-15(13-24)6-7-19(26)25(17)12-8-16-5-3-4-10-22-16/h3-5,10,14-15,17H,2,6-9,11-13H2,1H3. The number of piperidine rings is 2. The van der Waals surface area contributed by atoms with Crippen LogP contribution in [0.3, 0.4) is 0 Å². The maximum atomic E-state index is 12.9. The van der Waals surface area contributed by atoms with Crippen LogP contribution in [0.25, 0.3) is 0 Å². The van der Waals surface area contributed by atoms with E-state index in [9.17, 15) is 9.59 Å². The first-order valence-electron chi connectivity index (χ1n) is 10.1. The fraction of sp³-hybridized carbons (Fsp3) is 0.524. The predicted molar refractivity (Wildman–Crippen MR) is 103 cm³/mol. The SMILES string of the molecule is CCc1ocnc1C(=O)N1CCC2C(CCC(=O)N2CCc2ccccn2)C1. The molecule has 2 aliphatic rings. The Morgan fingerprint density at radius 2 is 2.18 bits per heavy atom. The van der Waals surface area contributed by atoms with Crippen molar-refractivity contribution in [2.24, 2.45) is 5.92 Å². The van der Waals surface area contributed by atoms with Crippen molar-refractivity contribution in [3.8, 4) is 0 Å². The molecule has 7 heteroatoms. The Morgan fingerprint density at radius 3 is 2.96 bits per heavy atom. The van der Waals surface area contributed by atoms with Gasteiger partial charge in [0.15, 0.2) is 12.1 Å². The first kappa shape index (κ1) is 18.7. The fourth-order valence-corrected chi connectivity index (χ4v) is 4.45. The summed E-state index contributed by atoms with van der Waals surface area (Å²) in [5, 5.41) is 0. The van der Waals surface area contributed by atoms with Crippen LogP contribution in [0.2, 0.25) is 0 Å². The van der Waals surface area contributed by atoms with Gasteiger partial charge in [-0.05, 0) is 30.9 Å². The van der Waals surface area contributed by atoms with Crippen molar-refractivity contribution in [3.05, 3.63) is 47.9 Å². The molecule has 2 aliphatic heterocycles. The Kier molecular flexibility index (Phi) is 5.41. The van der Waals surface area contributed by atoms with Gasteiger partial charge in [-0.2, -0.15) is 0 Å². The Hall–Kier alpha value is -2.70. The summed E-state index contributed by atoms with van der Waals surface area (Å²) >= 11 is 0. The Bertz CT molecular complexity index is 835. The van der Waals surface area contributed by atoms with Crippen LogP contribution in [0.15, 0.2) is 35.2 Å². The third kappa shape index (κ3) is 3.66. The number of carbonyl (C=O) groups excluding carboxylic acids is 2. The number of aryl methyl sites for hydroxylation is 1. The normalized spacial score (nSPS) is 22.2. The molecule has 0 spiro atoms. The minimum atomic E-state index is -0.0546. The van der Waals surface area contributed by atoms with E-state index in [-0.39, 0.29) is 17.9 Å². The fourth-order valence-electron chi connectivity index (χ4n) is 4.45. The van der Waals surface area contributed by atoms with E-state index in [0.717, 1.165) is 25.0 Å². The summed E-state index contributed by atoms with van der Waals surface area (Å²) in [6.45, 7) is 3.96. The lowest BCUT2D eigenvalue weighted by molar-refractivity contribution is -0.140. The molecule has 28 heavy (non-hydrogen) atoms. The minimum Gasteiger partial charge on any atom is -0.448 e. The van der Waals surface area contributed by atoms with Gasteiger partial charge >= 0.3 is 0 Å². The molecule has 2 fully saturated rings. The number of hydrogen-bond donors (Lipinski definition) is 0. The van der Waals surface area contributed by atoms with Crippen molar-refractivity contribution >= 4 is 11.8 Å². The molecule has 2 saturated heterocycles. The molecule has 0 radical (unpaired) electrons. The summed E-state index contributed by atoms with van der Waals surface area (Å²) in [7, 11) is 0. The molecule has 4 heterocycles. The smallest absolute Gasteiger partial charge is 0.276 e. The molecule has 0 N–H and O–H groups in total. The number of oxazole rings is 1. The van der Waals surface area contributed by atoms with E-state index in [1.54, 1.807) is 6.20 Å². The van der Waals surface area contributed by atoms with Crippen LogP contribution in [-0.2, 0) is 17.6 Å². The zero-order valence-corrected chi connectivity index (χ0v) is 16.2. The number of carbonyl (C=O) groups is 2. The van der Waals surface area contributed by atoms with E-state index in [0.29, 0.717) is 49.8 Å². The average molecular weight is 382 g/mol. The highest BCUT2D eigenvalue weighted by molar-refractivity contribution is 5.93. The quantitative estimate of drug-likeness (QED) is 0.793. The van der Waals surface area contributed by atoms with Gasteiger partial charge in [-0.25, -0.2) is 4.98 Å². The summed E-state index contributed by atoms with van der Waals surface area (Å²) in [5.74, 6) is 1.13. The molecule has 2 aromatic heterocycles. The molecule has 2 amide bonds. The van der Waals surface area contributed by atoms with Crippen molar-refractivity contribution in [1.82, 2.24) is 19.8 Å². The van der Waals surface area contributed by atoms with Gasteiger partial charge in [0.1, 0.15) is 5.76 Å². The second-order valence-electron chi connectivity index (χ2n) is 7.54. The highest BCUT2D eigenvalue weighted by Gasteiger charge is 2.40. The molecule has 4 rings (SSSR count). The number of pyridine rings is 1. The van der Waals surface area contributed by atoms with Crippen LogP contribution < -0.4 is 0 Å². The Labute approximate surface area is 164 Å². The van der Waals surface area contributed by atoms with Crippen molar-refractivity contribution in [3.63, 3.8) is 0 Å². The van der Waals surface area contributed by atoms with Gasteiger partial charge in [-0.1, -0.05) is 13.0 Å². The van der Waals surface area contributed by atoms with Gasteiger partial charge in [-0.15, -0.1) is 0 Å². The van der Waals surface area contributed by atoms with Crippen LogP contribution in [-0.4, -0.2) is 57.3 Å². The van der Waals surface area contributed by atoms with Gasteiger partial charge in [-0.3, -0.25) is 14.6 Å². The molecule has 148 valence electrons. The lowest BCUT2D eigenvalue weighted by Gasteiger charge is -2.47. The molecule has 0 aromatic carbocycles. The Morgan fingerprint density at radius 1 is 1.29 bits per heavy atom. The summed E-state index contributed by atoms with van der Waals surface area (Å²) in [4.78, 5) is 37.8. The first-order valence-corrected chi connectivity index (χ1v) is 10.1. The van der Waals surface area contributed by atoms with Gasteiger partial charge in [0.25, 0.3) is 5.91 Å². The van der Waals surface area contributed by atoms with Crippen LogP contribution in [0, 0.1) is 5.92 Å². The van der Waals surface area contributed by atoms with Crippen LogP contribution >= 0.6 is 0 Å². The van der Waals surface area contributed by atoms with E-state index in [1.165, 1.54) is 6.39 Å². The van der Waals surface area contributed by atoms with Crippen molar-refractivity contribution in [2.45, 2.75) is 45.1 Å². The highest BCUT2D eigenvalue weighted by atomic mass is 16.3.